The molecule has 0 aliphatic rings. The minimum atomic E-state index is -0.477. The molecule has 1 atom stereocenters. The summed E-state index contributed by atoms with van der Waals surface area (Å²) < 4.78 is 1.71. The molecule has 1 aromatic heterocycles. The smallest absolute Gasteiger partial charge is 0.227 e. The van der Waals surface area contributed by atoms with Gasteiger partial charge in [-0.2, -0.15) is 5.10 Å². The molecule has 0 aliphatic carbocycles. The van der Waals surface area contributed by atoms with Crippen LogP contribution in [0.3, 0.4) is 0 Å². The van der Waals surface area contributed by atoms with Gasteiger partial charge in [-0.05, 0) is 19.4 Å². The number of nitrogens with zero attached hydrogens (tertiary/aromatic N) is 2. The van der Waals surface area contributed by atoms with Crippen LogP contribution in [0.2, 0.25) is 0 Å². The Morgan fingerprint density at radius 1 is 1.69 bits per heavy atom. The summed E-state index contributed by atoms with van der Waals surface area (Å²) in [6, 6.07) is 1.88. The first-order chi connectivity index (χ1) is 7.51. The number of amides is 1. The molecule has 1 amide bonds. The lowest BCUT2D eigenvalue weighted by Gasteiger charge is -2.24. The second kappa shape index (κ2) is 5.12. The van der Waals surface area contributed by atoms with Crippen molar-refractivity contribution in [3.8, 4) is 0 Å². The van der Waals surface area contributed by atoms with Gasteiger partial charge in [-0.25, -0.2) is 0 Å². The highest BCUT2D eigenvalue weighted by Crippen LogP contribution is 2.19. The lowest BCUT2D eigenvalue weighted by molar-refractivity contribution is -0.130. The minimum Gasteiger partial charge on any atom is -0.350 e. The van der Waals surface area contributed by atoms with E-state index in [9.17, 15) is 4.79 Å². The van der Waals surface area contributed by atoms with Crippen molar-refractivity contribution in [2.75, 3.05) is 6.54 Å². The Morgan fingerprint density at radius 3 is 2.81 bits per heavy atom. The van der Waals surface area contributed by atoms with Gasteiger partial charge in [0, 0.05) is 19.8 Å². The molecule has 0 saturated heterocycles. The Balaban J connectivity index is 2.52. The molecule has 0 saturated carbocycles. The number of hydrogen-bond acceptors (Lipinski definition) is 3. The lowest BCUT2D eigenvalue weighted by atomic mass is 9.87. The third kappa shape index (κ3) is 2.82. The first-order valence-corrected chi connectivity index (χ1v) is 5.48. The van der Waals surface area contributed by atoms with Gasteiger partial charge in [0.2, 0.25) is 5.91 Å². The molecule has 16 heavy (non-hydrogen) atoms. The molecular formula is C11H20N4O. The first kappa shape index (κ1) is 12.7. The first-order valence-electron chi connectivity index (χ1n) is 5.48. The number of carbonyl (C=O) groups excluding carboxylic acids is 1. The summed E-state index contributed by atoms with van der Waals surface area (Å²) in [4.78, 5) is 11.9. The Hall–Kier alpha value is -1.36. The molecule has 0 fully saturated rings. The van der Waals surface area contributed by atoms with Gasteiger partial charge < -0.3 is 11.1 Å². The van der Waals surface area contributed by atoms with Crippen LogP contribution >= 0.6 is 0 Å². The Labute approximate surface area is 96.0 Å². The number of nitrogens with two attached hydrogens (primary N) is 1. The van der Waals surface area contributed by atoms with Crippen molar-refractivity contribution in [1.29, 1.82) is 0 Å². The maximum absolute atomic E-state index is 11.9. The molecule has 1 heterocycles. The third-order valence-electron chi connectivity index (χ3n) is 2.98. The van der Waals surface area contributed by atoms with E-state index in [0.29, 0.717) is 13.1 Å². The van der Waals surface area contributed by atoms with Crippen molar-refractivity contribution < 1.29 is 4.79 Å². The summed E-state index contributed by atoms with van der Waals surface area (Å²) in [5.74, 6) is -0.0110. The Kier molecular flexibility index (Phi) is 4.06. The molecule has 3 N–H and O–H groups in total. The fraction of sp³-hybridized carbons (Fsp3) is 0.636. The van der Waals surface area contributed by atoms with Gasteiger partial charge in [0.15, 0.2) is 0 Å². The molecule has 0 radical (unpaired) electrons. The predicted octanol–water partition coefficient (Wildman–Crippen LogP) is 0.411. The number of carbonyl (C=O) groups is 1. The highest BCUT2D eigenvalue weighted by molar-refractivity contribution is 5.82. The summed E-state index contributed by atoms with van der Waals surface area (Å²) >= 11 is 0. The van der Waals surface area contributed by atoms with Gasteiger partial charge in [0.1, 0.15) is 0 Å². The summed E-state index contributed by atoms with van der Waals surface area (Å²) in [5.41, 5.74) is 5.99. The maximum Gasteiger partial charge on any atom is 0.227 e. The van der Waals surface area contributed by atoms with Crippen LogP contribution < -0.4 is 11.1 Å². The zero-order valence-corrected chi connectivity index (χ0v) is 10.2. The van der Waals surface area contributed by atoms with Crippen molar-refractivity contribution >= 4 is 5.91 Å². The van der Waals surface area contributed by atoms with Gasteiger partial charge in [0.25, 0.3) is 0 Å². The fourth-order valence-electron chi connectivity index (χ4n) is 1.34. The molecule has 5 heteroatoms. The van der Waals surface area contributed by atoms with E-state index in [-0.39, 0.29) is 5.91 Å². The van der Waals surface area contributed by atoms with Gasteiger partial charge in [-0.15, -0.1) is 0 Å². The van der Waals surface area contributed by atoms with E-state index >= 15 is 0 Å². The lowest BCUT2D eigenvalue weighted by Crippen LogP contribution is -2.43. The summed E-state index contributed by atoms with van der Waals surface area (Å²) in [6.45, 7) is 4.65. The fourth-order valence-corrected chi connectivity index (χ4v) is 1.34. The number of aromatic nitrogens is 2. The van der Waals surface area contributed by atoms with Crippen LogP contribution in [-0.4, -0.2) is 22.2 Å². The van der Waals surface area contributed by atoms with E-state index < -0.39 is 5.41 Å². The van der Waals surface area contributed by atoms with Crippen LogP contribution in [0.4, 0.5) is 0 Å². The SMILES string of the molecule is CCC(C)(CN)C(=O)NCc1ccn(C)n1. The molecule has 1 rings (SSSR count). The van der Waals surface area contributed by atoms with Crippen molar-refractivity contribution in [3.63, 3.8) is 0 Å². The quantitative estimate of drug-likeness (QED) is 0.761. The molecule has 1 unspecified atom stereocenters. The van der Waals surface area contributed by atoms with Crippen LogP contribution in [0, 0.1) is 5.41 Å². The highest BCUT2D eigenvalue weighted by Gasteiger charge is 2.29. The summed E-state index contributed by atoms with van der Waals surface area (Å²) in [7, 11) is 1.85. The Morgan fingerprint density at radius 2 is 2.38 bits per heavy atom. The van der Waals surface area contributed by atoms with Gasteiger partial charge in [0.05, 0.1) is 17.7 Å². The zero-order chi connectivity index (χ0) is 12.2. The largest absolute Gasteiger partial charge is 0.350 e. The molecule has 1 aromatic rings. The Bertz CT molecular complexity index is 355. The maximum atomic E-state index is 11.9. The van der Waals surface area contributed by atoms with Gasteiger partial charge in [-0.1, -0.05) is 6.92 Å². The monoisotopic (exact) mass is 224 g/mol. The normalized spacial score (nSPS) is 14.5. The van der Waals surface area contributed by atoms with Crippen LogP contribution in [0.5, 0.6) is 0 Å². The standard InChI is InChI=1S/C11H20N4O/c1-4-11(2,8-12)10(16)13-7-9-5-6-15(3)14-9/h5-6H,4,7-8,12H2,1-3H3,(H,13,16). The number of nitrogens with one attached hydrogen (secondary N) is 1. The molecule has 0 bridgehead atoms. The summed E-state index contributed by atoms with van der Waals surface area (Å²) in [6.07, 6.45) is 2.58. The van der Waals surface area contributed by atoms with E-state index in [1.54, 1.807) is 4.68 Å². The van der Waals surface area contributed by atoms with Crippen molar-refractivity contribution in [2.45, 2.75) is 26.8 Å². The second-order valence-electron chi connectivity index (χ2n) is 4.28. The minimum absolute atomic E-state index is 0.0110. The van der Waals surface area contributed by atoms with Gasteiger partial charge >= 0.3 is 0 Å². The average molecular weight is 224 g/mol. The van der Waals surface area contributed by atoms with E-state index in [1.807, 2.05) is 33.2 Å². The molecule has 0 spiro atoms. The van der Waals surface area contributed by atoms with Crippen LogP contribution in [0.1, 0.15) is 26.0 Å². The molecule has 0 aliphatic heterocycles. The topological polar surface area (TPSA) is 72.9 Å². The van der Waals surface area contributed by atoms with Crippen molar-refractivity contribution in [3.05, 3.63) is 18.0 Å². The number of hydrogen-bond donors (Lipinski definition) is 2. The van der Waals surface area contributed by atoms with E-state index in [4.69, 9.17) is 5.73 Å². The highest BCUT2D eigenvalue weighted by atomic mass is 16.2. The molecule has 0 aromatic carbocycles. The average Bonchev–Trinajstić information content (AvgIpc) is 2.70. The van der Waals surface area contributed by atoms with E-state index in [1.165, 1.54) is 0 Å². The second-order valence-corrected chi connectivity index (χ2v) is 4.28. The number of rotatable bonds is 5. The van der Waals surface area contributed by atoms with Gasteiger partial charge in [-0.3, -0.25) is 9.48 Å². The molecule has 90 valence electrons. The van der Waals surface area contributed by atoms with E-state index in [2.05, 4.69) is 10.4 Å². The number of aryl methyl sites for hydroxylation is 1. The zero-order valence-electron chi connectivity index (χ0n) is 10.2. The predicted molar refractivity (Wildman–Crippen MR) is 62.5 cm³/mol. The van der Waals surface area contributed by atoms with Crippen LogP contribution in [-0.2, 0) is 18.4 Å². The van der Waals surface area contributed by atoms with E-state index in [0.717, 1.165) is 12.1 Å². The van der Waals surface area contributed by atoms with Crippen molar-refractivity contribution in [1.82, 2.24) is 15.1 Å². The molecular weight excluding hydrogens is 204 g/mol. The van der Waals surface area contributed by atoms with Crippen molar-refractivity contribution in [2.24, 2.45) is 18.2 Å². The third-order valence-corrected chi connectivity index (χ3v) is 2.98. The van der Waals surface area contributed by atoms with Crippen LogP contribution in [0.25, 0.3) is 0 Å². The summed E-state index contributed by atoms with van der Waals surface area (Å²) in [5, 5.41) is 7.05. The molecule has 5 nitrogen and oxygen atoms in total. The van der Waals surface area contributed by atoms with Crippen LogP contribution in [0.15, 0.2) is 12.3 Å².